The van der Waals surface area contributed by atoms with E-state index in [4.69, 9.17) is 5.73 Å². The van der Waals surface area contributed by atoms with Crippen molar-refractivity contribution in [3.8, 4) is 0 Å². The molecule has 0 aromatic heterocycles. The van der Waals surface area contributed by atoms with Crippen molar-refractivity contribution in [1.82, 2.24) is 0 Å². The summed E-state index contributed by atoms with van der Waals surface area (Å²) in [6.07, 6.45) is -2.83. The molecule has 0 saturated heterocycles. The quantitative estimate of drug-likeness (QED) is 0.664. The van der Waals surface area contributed by atoms with Crippen LogP contribution in [0.5, 0.6) is 0 Å². The second-order valence-electron chi connectivity index (χ2n) is 3.65. The Morgan fingerprint density at radius 2 is 1.93 bits per heavy atom. The topological polar surface area (TPSA) is 83.6 Å². The Bertz CT molecular complexity index is 376. The highest BCUT2D eigenvalue weighted by atomic mass is 16.3. The van der Waals surface area contributed by atoms with Gasteiger partial charge in [-0.2, -0.15) is 0 Å². The molecule has 0 saturated carbocycles. The van der Waals surface area contributed by atoms with Crippen molar-refractivity contribution in [3.63, 3.8) is 0 Å². The number of primary amides is 1. The minimum Gasteiger partial charge on any atom is -0.385 e. The summed E-state index contributed by atoms with van der Waals surface area (Å²) in [5.74, 6) is -0.927. The van der Waals surface area contributed by atoms with Gasteiger partial charge in [0.15, 0.2) is 6.10 Å². The van der Waals surface area contributed by atoms with Gasteiger partial charge in [0.05, 0.1) is 0 Å². The third-order valence-corrected chi connectivity index (χ3v) is 2.34. The molecular weight excluding hydrogens is 194 g/mol. The highest BCUT2D eigenvalue weighted by molar-refractivity contribution is 5.79. The minimum absolute atomic E-state index is 0.529. The first-order chi connectivity index (χ1) is 6.93. The van der Waals surface area contributed by atoms with Crippen LogP contribution in [0.15, 0.2) is 18.2 Å². The zero-order chi connectivity index (χ0) is 11.6. The number of amides is 1. The largest absolute Gasteiger partial charge is 0.385 e. The molecule has 1 aromatic rings. The van der Waals surface area contributed by atoms with Gasteiger partial charge in [-0.15, -0.1) is 0 Å². The number of hydrogen-bond donors (Lipinski definition) is 3. The summed E-state index contributed by atoms with van der Waals surface area (Å²) in [4.78, 5) is 10.7. The normalized spacial score (nSPS) is 14.7. The maximum Gasteiger partial charge on any atom is 0.249 e. The van der Waals surface area contributed by atoms with E-state index in [0.29, 0.717) is 5.56 Å². The average molecular weight is 209 g/mol. The second kappa shape index (κ2) is 4.42. The van der Waals surface area contributed by atoms with Crippen molar-refractivity contribution in [3.05, 3.63) is 34.9 Å². The van der Waals surface area contributed by atoms with E-state index in [2.05, 4.69) is 0 Å². The summed E-state index contributed by atoms with van der Waals surface area (Å²) < 4.78 is 0. The Balaban J connectivity index is 3.04. The predicted octanol–water partition coefficient (Wildman–Crippen LogP) is 0.183. The first-order valence-electron chi connectivity index (χ1n) is 4.66. The lowest BCUT2D eigenvalue weighted by molar-refractivity contribution is -0.132. The van der Waals surface area contributed by atoms with Gasteiger partial charge in [-0.25, -0.2) is 0 Å². The van der Waals surface area contributed by atoms with E-state index in [1.54, 1.807) is 13.0 Å². The number of carbonyl (C=O) groups is 1. The van der Waals surface area contributed by atoms with Crippen LogP contribution in [0.1, 0.15) is 22.8 Å². The van der Waals surface area contributed by atoms with Gasteiger partial charge >= 0.3 is 0 Å². The number of nitrogens with two attached hydrogens (primary N) is 1. The van der Waals surface area contributed by atoms with E-state index in [1.807, 2.05) is 19.1 Å². The van der Waals surface area contributed by atoms with Crippen LogP contribution in [0.2, 0.25) is 0 Å². The molecule has 1 aromatic carbocycles. The van der Waals surface area contributed by atoms with E-state index in [0.717, 1.165) is 11.1 Å². The SMILES string of the molecule is Cc1ccc(C)c(C(O)C(O)C(N)=O)c1. The Hall–Kier alpha value is -1.39. The summed E-state index contributed by atoms with van der Waals surface area (Å²) in [5, 5.41) is 19.1. The third-order valence-electron chi connectivity index (χ3n) is 2.34. The molecule has 0 fully saturated rings. The van der Waals surface area contributed by atoms with Crippen molar-refractivity contribution in [2.75, 3.05) is 0 Å². The molecule has 4 heteroatoms. The number of aryl methyl sites for hydroxylation is 2. The van der Waals surface area contributed by atoms with Crippen LogP contribution >= 0.6 is 0 Å². The predicted molar refractivity (Wildman–Crippen MR) is 56.1 cm³/mol. The van der Waals surface area contributed by atoms with Gasteiger partial charge in [0, 0.05) is 0 Å². The van der Waals surface area contributed by atoms with Crippen LogP contribution < -0.4 is 5.73 Å². The molecule has 0 bridgehead atoms. The molecule has 2 atom stereocenters. The summed E-state index contributed by atoms with van der Waals surface area (Å²) in [6.45, 7) is 3.66. The molecule has 2 unspecified atom stereocenters. The Kier molecular flexibility index (Phi) is 3.44. The Morgan fingerprint density at radius 3 is 2.47 bits per heavy atom. The van der Waals surface area contributed by atoms with Gasteiger partial charge in [-0.1, -0.05) is 23.8 Å². The number of aliphatic hydroxyl groups is 2. The zero-order valence-corrected chi connectivity index (χ0v) is 8.77. The molecule has 4 nitrogen and oxygen atoms in total. The molecule has 4 N–H and O–H groups in total. The van der Waals surface area contributed by atoms with Crippen molar-refractivity contribution in [2.45, 2.75) is 26.1 Å². The van der Waals surface area contributed by atoms with E-state index in [1.165, 1.54) is 0 Å². The molecule has 0 aliphatic carbocycles. The lowest BCUT2D eigenvalue weighted by atomic mass is 9.97. The maximum absolute atomic E-state index is 10.7. The molecule has 0 spiro atoms. The van der Waals surface area contributed by atoms with Gasteiger partial charge in [0.1, 0.15) is 6.10 Å². The van der Waals surface area contributed by atoms with Crippen LogP contribution in [0.3, 0.4) is 0 Å². The first-order valence-corrected chi connectivity index (χ1v) is 4.66. The smallest absolute Gasteiger partial charge is 0.249 e. The van der Waals surface area contributed by atoms with Crippen molar-refractivity contribution in [2.24, 2.45) is 5.73 Å². The van der Waals surface area contributed by atoms with E-state index in [9.17, 15) is 15.0 Å². The summed E-state index contributed by atoms with van der Waals surface area (Å²) in [7, 11) is 0. The van der Waals surface area contributed by atoms with Crippen molar-refractivity contribution < 1.29 is 15.0 Å². The molecule has 1 rings (SSSR count). The number of rotatable bonds is 3. The van der Waals surface area contributed by atoms with Crippen LogP contribution in [-0.2, 0) is 4.79 Å². The molecule has 15 heavy (non-hydrogen) atoms. The fraction of sp³-hybridized carbons (Fsp3) is 0.364. The molecule has 0 radical (unpaired) electrons. The first kappa shape index (κ1) is 11.7. The third kappa shape index (κ3) is 2.55. The van der Waals surface area contributed by atoms with Crippen LogP contribution in [0.4, 0.5) is 0 Å². The second-order valence-corrected chi connectivity index (χ2v) is 3.65. The van der Waals surface area contributed by atoms with Gasteiger partial charge in [-0.05, 0) is 25.0 Å². The molecular formula is C11H15NO3. The fourth-order valence-corrected chi connectivity index (χ4v) is 1.40. The van der Waals surface area contributed by atoms with Crippen LogP contribution in [0, 0.1) is 13.8 Å². The van der Waals surface area contributed by atoms with E-state index < -0.39 is 18.1 Å². The average Bonchev–Trinajstić information content (AvgIpc) is 2.19. The zero-order valence-electron chi connectivity index (χ0n) is 8.77. The minimum atomic E-state index is -1.56. The standard InChI is InChI=1S/C11H15NO3/c1-6-3-4-7(2)8(5-6)9(13)10(14)11(12)15/h3-5,9-10,13-14H,1-2H3,(H2,12,15). The van der Waals surface area contributed by atoms with Gasteiger partial charge < -0.3 is 15.9 Å². The summed E-state index contributed by atoms with van der Waals surface area (Å²) in [6, 6.07) is 5.44. The molecule has 0 heterocycles. The van der Waals surface area contributed by atoms with Crippen LogP contribution in [0.25, 0.3) is 0 Å². The molecule has 0 aliphatic heterocycles. The lowest BCUT2D eigenvalue weighted by Gasteiger charge is -2.17. The van der Waals surface area contributed by atoms with Crippen molar-refractivity contribution >= 4 is 5.91 Å². The number of carbonyl (C=O) groups excluding carboxylic acids is 1. The van der Waals surface area contributed by atoms with Gasteiger partial charge in [0.2, 0.25) is 5.91 Å². The summed E-state index contributed by atoms with van der Waals surface area (Å²) >= 11 is 0. The Morgan fingerprint density at radius 1 is 1.33 bits per heavy atom. The number of benzene rings is 1. The molecule has 82 valence electrons. The van der Waals surface area contributed by atoms with E-state index in [-0.39, 0.29) is 0 Å². The van der Waals surface area contributed by atoms with Gasteiger partial charge in [-0.3, -0.25) is 4.79 Å². The van der Waals surface area contributed by atoms with Gasteiger partial charge in [0.25, 0.3) is 0 Å². The Labute approximate surface area is 88.3 Å². The summed E-state index contributed by atoms with van der Waals surface area (Å²) in [5.41, 5.74) is 7.21. The lowest BCUT2D eigenvalue weighted by Crippen LogP contribution is -2.34. The molecule has 0 aliphatic rings. The fourth-order valence-electron chi connectivity index (χ4n) is 1.40. The van der Waals surface area contributed by atoms with Crippen LogP contribution in [-0.4, -0.2) is 22.2 Å². The number of hydrogen-bond acceptors (Lipinski definition) is 3. The number of aliphatic hydroxyl groups excluding tert-OH is 2. The van der Waals surface area contributed by atoms with Crippen molar-refractivity contribution in [1.29, 1.82) is 0 Å². The molecule has 1 amide bonds. The highest BCUT2D eigenvalue weighted by Gasteiger charge is 2.24. The van der Waals surface area contributed by atoms with E-state index >= 15 is 0 Å². The highest BCUT2D eigenvalue weighted by Crippen LogP contribution is 2.21. The monoisotopic (exact) mass is 209 g/mol. The maximum atomic E-state index is 10.7.